The van der Waals surface area contributed by atoms with Crippen LogP contribution >= 0.6 is 0 Å². The Morgan fingerprint density at radius 2 is 2.00 bits per heavy atom. The van der Waals surface area contributed by atoms with Gasteiger partial charge in [0.25, 0.3) is 0 Å². The van der Waals surface area contributed by atoms with Crippen molar-refractivity contribution in [3.8, 4) is 0 Å². The third kappa shape index (κ3) is 4.35. The molecular formula is C18H29N. The first-order valence-electron chi connectivity index (χ1n) is 8.09. The molecule has 0 aliphatic heterocycles. The van der Waals surface area contributed by atoms with Gasteiger partial charge in [-0.05, 0) is 43.4 Å². The van der Waals surface area contributed by atoms with Gasteiger partial charge in [0.15, 0.2) is 0 Å². The van der Waals surface area contributed by atoms with Crippen LogP contribution in [0.5, 0.6) is 0 Å². The first-order chi connectivity index (χ1) is 9.33. The van der Waals surface area contributed by atoms with Gasteiger partial charge in [-0.25, -0.2) is 0 Å². The number of hydrogen-bond donors (Lipinski definition) is 1. The van der Waals surface area contributed by atoms with Crippen LogP contribution < -0.4 is 5.32 Å². The van der Waals surface area contributed by atoms with E-state index >= 15 is 0 Å². The first-order valence-corrected chi connectivity index (χ1v) is 8.09. The summed E-state index contributed by atoms with van der Waals surface area (Å²) in [6.07, 6.45) is 11.1. The van der Waals surface area contributed by atoms with Crippen molar-refractivity contribution in [1.29, 1.82) is 0 Å². The molecule has 0 bridgehead atoms. The van der Waals surface area contributed by atoms with Crippen molar-refractivity contribution >= 4 is 0 Å². The van der Waals surface area contributed by atoms with E-state index in [4.69, 9.17) is 0 Å². The third-order valence-electron chi connectivity index (χ3n) is 4.70. The lowest BCUT2D eigenvalue weighted by Crippen LogP contribution is -2.18. The van der Waals surface area contributed by atoms with Gasteiger partial charge in [-0.3, -0.25) is 0 Å². The topological polar surface area (TPSA) is 12.0 Å². The monoisotopic (exact) mass is 259 g/mol. The van der Waals surface area contributed by atoms with Gasteiger partial charge >= 0.3 is 0 Å². The number of benzene rings is 1. The second-order valence-corrected chi connectivity index (χ2v) is 6.02. The van der Waals surface area contributed by atoms with Crippen molar-refractivity contribution in [2.45, 2.75) is 64.3 Å². The molecule has 1 aromatic rings. The van der Waals surface area contributed by atoms with E-state index in [9.17, 15) is 0 Å². The third-order valence-corrected chi connectivity index (χ3v) is 4.70. The molecule has 0 saturated heterocycles. The molecule has 1 N–H and O–H groups in total. The SMILES string of the molecule is CCc1cccc(C(CCC2CCCCC2)NC)c1. The van der Waals surface area contributed by atoms with E-state index in [-0.39, 0.29) is 0 Å². The van der Waals surface area contributed by atoms with Gasteiger partial charge in [-0.1, -0.05) is 63.3 Å². The molecule has 0 radical (unpaired) electrons. The minimum absolute atomic E-state index is 0.536. The van der Waals surface area contributed by atoms with Gasteiger partial charge in [0, 0.05) is 6.04 Å². The van der Waals surface area contributed by atoms with E-state index in [2.05, 4.69) is 43.6 Å². The van der Waals surface area contributed by atoms with Gasteiger partial charge in [-0.2, -0.15) is 0 Å². The average molecular weight is 259 g/mol. The molecule has 0 heterocycles. The van der Waals surface area contributed by atoms with Crippen LogP contribution in [0.4, 0.5) is 0 Å². The van der Waals surface area contributed by atoms with Crippen molar-refractivity contribution in [2.75, 3.05) is 7.05 Å². The fourth-order valence-corrected chi connectivity index (χ4v) is 3.39. The molecule has 2 rings (SSSR count). The van der Waals surface area contributed by atoms with Gasteiger partial charge in [0.1, 0.15) is 0 Å². The van der Waals surface area contributed by atoms with Crippen molar-refractivity contribution < 1.29 is 0 Å². The molecule has 106 valence electrons. The lowest BCUT2D eigenvalue weighted by Gasteiger charge is -2.24. The van der Waals surface area contributed by atoms with Gasteiger partial charge in [-0.15, -0.1) is 0 Å². The Labute approximate surface area is 118 Å². The molecule has 1 atom stereocenters. The number of nitrogens with one attached hydrogen (secondary N) is 1. The zero-order valence-electron chi connectivity index (χ0n) is 12.6. The Hall–Kier alpha value is -0.820. The first kappa shape index (κ1) is 14.6. The molecule has 1 aromatic carbocycles. The molecule has 1 saturated carbocycles. The van der Waals surface area contributed by atoms with Crippen molar-refractivity contribution in [1.82, 2.24) is 5.32 Å². The number of aryl methyl sites for hydroxylation is 1. The summed E-state index contributed by atoms with van der Waals surface area (Å²) < 4.78 is 0. The Morgan fingerprint density at radius 3 is 2.68 bits per heavy atom. The molecule has 1 aliphatic rings. The maximum atomic E-state index is 3.51. The zero-order valence-corrected chi connectivity index (χ0v) is 12.6. The fourth-order valence-electron chi connectivity index (χ4n) is 3.39. The molecule has 0 aromatic heterocycles. The highest BCUT2D eigenvalue weighted by molar-refractivity contribution is 5.26. The smallest absolute Gasteiger partial charge is 0.0317 e. The van der Waals surface area contributed by atoms with Gasteiger partial charge in [0.05, 0.1) is 0 Å². The molecule has 1 unspecified atom stereocenters. The average Bonchev–Trinajstić information content (AvgIpc) is 2.49. The highest BCUT2D eigenvalue weighted by atomic mass is 14.9. The summed E-state index contributed by atoms with van der Waals surface area (Å²) in [5.74, 6) is 0.985. The second-order valence-electron chi connectivity index (χ2n) is 6.02. The lowest BCUT2D eigenvalue weighted by atomic mass is 9.84. The maximum absolute atomic E-state index is 3.51. The Bertz CT molecular complexity index is 366. The van der Waals surface area contributed by atoms with E-state index in [1.807, 2.05) is 0 Å². The van der Waals surface area contributed by atoms with Gasteiger partial charge < -0.3 is 5.32 Å². The summed E-state index contributed by atoms with van der Waals surface area (Å²) in [7, 11) is 2.10. The predicted molar refractivity (Wildman–Crippen MR) is 83.4 cm³/mol. The molecule has 1 heteroatoms. The van der Waals surface area contributed by atoms with Crippen LogP contribution in [0, 0.1) is 5.92 Å². The van der Waals surface area contributed by atoms with Crippen LogP contribution in [-0.4, -0.2) is 7.05 Å². The Balaban J connectivity index is 1.91. The summed E-state index contributed by atoms with van der Waals surface area (Å²) in [5.41, 5.74) is 2.92. The quantitative estimate of drug-likeness (QED) is 0.768. The minimum Gasteiger partial charge on any atom is -0.313 e. The fraction of sp³-hybridized carbons (Fsp3) is 0.667. The van der Waals surface area contributed by atoms with E-state index in [0.29, 0.717) is 6.04 Å². The van der Waals surface area contributed by atoms with E-state index in [1.54, 1.807) is 0 Å². The Morgan fingerprint density at radius 1 is 1.21 bits per heavy atom. The van der Waals surface area contributed by atoms with Crippen LogP contribution in [0.2, 0.25) is 0 Å². The van der Waals surface area contributed by atoms with Crippen LogP contribution in [0.15, 0.2) is 24.3 Å². The summed E-state index contributed by atoms with van der Waals surface area (Å²) in [6.45, 7) is 2.23. The summed E-state index contributed by atoms with van der Waals surface area (Å²) >= 11 is 0. The van der Waals surface area contributed by atoms with E-state index in [0.717, 1.165) is 12.3 Å². The highest BCUT2D eigenvalue weighted by Gasteiger charge is 2.16. The molecule has 1 fully saturated rings. The largest absolute Gasteiger partial charge is 0.313 e. The summed E-state index contributed by atoms with van der Waals surface area (Å²) in [5, 5.41) is 3.51. The molecule has 0 spiro atoms. The normalized spacial score (nSPS) is 18.4. The van der Waals surface area contributed by atoms with E-state index < -0.39 is 0 Å². The van der Waals surface area contributed by atoms with Crippen LogP contribution in [0.1, 0.15) is 69.0 Å². The summed E-state index contributed by atoms with van der Waals surface area (Å²) in [4.78, 5) is 0. The lowest BCUT2D eigenvalue weighted by molar-refractivity contribution is 0.317. The van der Waals surface area contributed by atoms with Crippen LogP contribution in [0.3, 0.4) is 0 Å². The minimum atomic E-state index is 0.536. The molecule has 19 heavy (non-hydrogen) atoms. The second kappa shape index (κ2) is 7.69. The molecule has 0 amide bonds. The van der Waals surface area contributed by atoms with Crippen LogP contribution in [0.25, 0.3) is 0 Å². The Kier molecular flexibility index (Phi) is 5.91. The standard InChI is InChI=1S/C18H29N/c1-3-15-10-7-11-17(14-15)18(19-2)13-12-16-8-5-4-6-9-16/h7,10-11,14,16,18-19H,3-6,8-9,12-13H2,1-2H3. The van der Waals surface area contributed by atoms with Crippen molar-refractivity contribution in [2.24, 2.45) is 5.92 Å². The van der Waals surface area contributed by atoms with Crippen molar-refractivity contribution in [3.05, 3.63) is 35.4 Å². The highest BCUT2D eigenvalue weighted by Crippen LogP contribution is 2.30. The summed E-state index contributed by atoms with van der Waals surface area (Å²) in [6, 6.07) is 9.63. The zero-order chi connectivity index (χ0) is 13.5. The number of rotatable bonds is 6. The van der Waals surface area contributed by atoms with Crippen molar-refractivity contribution in [3.63, 3.8) is 0 Å². The maximum Gasteiger partial charge on any atom is 0.0317 e. The van der Waals surface area contributed by atoms with E-state index in [1.165, 1.54) is 56.1 Å². The molecule has 1 nitrogen and oxygen atoms in total. The van der Waals surface area contributed by atoms with Crippen LogP contribution in [-0.2, 0) is 6.42 Å². The predicted octanol–water partition coefficient (Wildman–Crippen LogP) is 4.87. The molecular weight excluding hydrogens is 230 g/mol. The number of hydrogen-bond acceptors (Lipinski definition) is 1. The van der Waals surface area contributed by atoms with Gasteiger partial charge in [0.2, 0.25) is 0 Å². The molecule has 1 aliphatic carbocycles.